The number of nitrogens with zero attached hydrogens (tertiary/aromatic N) is 1. The monoisotopic (exact) mass is 737 g/mol. The quantitative estimate of drug-likeness (QED) is 0.174. The van der Waals surface area contributed by atoms with Gasteiger partial charge in [0.05, 0.1) is 11.1 Å². The van der Waals surface area contributed by atoms with Crippen molar-refractivity contribution in [3.63, 3.8) is 0 Å². The highest BCUT2D eigenvalue weighted by atomic mass is 15.1. The van der Waals surface area contributed by atoms with E-state index in [-0.39, 0.29) is 10.8 Å². The summed E-state index contributed by atoms with van der Waals surface area (Å²) in [5.41, 5.74) is 24.3. The highest BCUT2D eigenvalue weighted by molar-refractivity contribution is 6.00. The van der Waals surface area contributed by atoms with Gasteiger partial charge in [-0.3, -0.25) is 0 Å². The predicted octanol–water partition coefficient (Wildman–Crippen LogP) is 14.7. The van der Waals surface area contributed by atoms with Gasteiger partial charge in [-0.1, -0.05) is 137 Å². The first-order chi connectivity index (χ1) is 27.7. The number of benzene rings is 7. The summed E-state index contributed by atoms with van der Waals surface area (Å²) < 4.78 is 0. The lowest BCUT2D eigenvalue weighted by atomic mass is 9.63. The number of hydrogen-bond donors (Lipinski definition) is 0. The van der Waals surface area contributed by atoms with Crippen LogP contribution in [-0.4, -0.2) is 0 Å². The van der Waals surface area contributed by atoms with Gasteiger partial charge in [-0.05, 0) is 171 Å². The van der Waals surface area contributed by atoms with Crippen LogP contribution >= 0.6 is 0 Å². The van der Waals surface area contributed by atoms with Gasteiger partial charge in [-0.25, -0.2) is 0 Å². The smallest absolute Gasteiger partial charge is 0.0726 e. The molecule has 0 heterocycles. The van der Waals surface area contributed by atoms with Crippen molar-refractivity contribution >= 4 is 17.1 Å². The third kappa shape index (κ3) is 4.94. The summed E-state index contributed by atoms with van der Waals surface area (Å²) in [4.78, 5) is 2.59. The Hall–Kier alpha value is -5.66. The van der Waals surface area contributed by atoms with Gasteiger partial charge in [-0.15, -0.1) is 0 Å². The van der Waals surface area contributed by atoms with Crippen molar-refractivity contribution in [1.29, 1.82) is 0 Å². The number of fused-ring (bicyclic) bond motifs is 12. The van der Waals surface area contributed by atoms with Crippen LogP contribution in [0.2, 0.25) is 0 Å². The zero-order chi connectivity index (χ0) is 38.7. The summed E-state index contributed by atoms with van der Waals surface area (Å²) in [6.07, 6.45) is 7.26. The third-order valence-electron chi connectivity index (χ3n) is 14.4. The molecule has 0 unspecified atom stereocenters. The minimum Gasteiger partial charge on any atom is -0.310 e. The standard InChI is InChI=1S/C56H51N/c1-36-31-37-17-9-10-18-38(37)32-44(36)46-34-45-43-23-13-16-26-49(43)56(47-24-14-11-21-41(47)42-22-12-15-25-48(42)56)51(45)35-53(46)57(39-19-7-6-8-20-39)40-27-28-50-52(33-40)55(4,5)30-29-54(50,2)3/h6-8,11-16,19-28,31-35H,9-10,17-18,29-30H2,1-5H3. The van der Waals surface area contributed by atoms with Crippen molar-refractivity contribution in [3.8, 4) is 33.4 Å². The lowest BCUT2D eigenvalue weighted by Gasteiger charge is -2.42. The largest absolute Gasteiger partial charge is 0.310 e. The molecule has 0 atom stereocenters. The van der Waals surface area contributed by atoms with E-state index in [2.05, 4.69) is 185 Å². The molecule has 0 amide bonds. The fourth-order valence-electron chi connectivity index (χ4n) is 11.4. The Morgan fingerprint density at radius 3 is 1.58 bits per heavy atom. The van der Waals surface area contributed by atoms with E-state index in [0.29, 0.717) is 0 Å². The molecular formula is C56H51N. The van der Waals surface area contributed by atoms with Crippen LogP contribution in [0.15, 0.2) is 146 Å². The first-order valence-electron chi connectivity index (χ1n) is 21.3. The second kappa shape index (κ2) is 12.4. The van der Waals surface area contributed by atoms with Gasteiger partial charge in [0.1, 0.15) is 0 Å². The normalized spacial score (nSPS) is 17.2. The van der Waals surface area contributed by atoms with Crippen molar-refractivity contribution in [1.82, 2.24) is 0 Å². The molecule has 1 spiro atoms. The lowest BCUT2D eigenvalue weighted by Crippen LogP contribution is -2.34. The van der Waals surface area contributed by atoms with Crippen molar-refractivity contribution < 1.29 is 0 Å². The Morgan fingerprint density at radius 1 is 0.404 bits per heavy atom. The minimum absolute atomic E-state index is 0.0854. The molecule has 0 fully saturated rings. The number of hydrogen-bond acceptors (Lipinski definition) is 1. The molecule has 0 N–H and O–H groups in total. The Bertz CT molecular complexity index is 2720. The van der Waals surface area contributed by atoms with Gasteiger partial charge in [0.15, 0.2) is 0 Å². The molecule has 280 valence electrons. The van der Waals surface area contributed by atoms with Gasteiger partial charge >= 0.3 is 0 Å². The van der Waals surface area contributed by atoms with Crippen LogP contribution in [0.4, 0.5) is 17.1 Å². The molecule has 0 bridgehead atoms. The van der Waals surface area contributed by atoms with Gasteiger partial charge in [0.25, 0.3) is 0 Å². The summed E-state index contributed by atoms with van der Waals surface area (Å²) in [6.45, 7) is 12.1. The molecule has 11 rings (SSSR count). The Balaban J connectivity index is 1.27. The van der Waals surface area contributed by atoms with Crippen LogP contribution in [-0.2, 0) is 29.1 Å². The fourth-order valence-corrected chi connectivity index (χ4v) is 11.4. The van der Waals surface area contributed by atoms with E-state index in [1.54, 1.807) is 0 Å². The topological polar surface area (TPSA) is 3.24 Å². The van der Waals surface area contributed by atoms with Crippen LogP contribution < -0.4 is 4.90 Å². The third-order valence-corrected chi connectivity index (χ3v) is 14.4. The number of aryl methyl sites for hydroxylation is 3. The number of anilines is 3. The zero-order valence-electron chi connectivity index (χ0n) is 34.0. The van der Waals surface area contributed by atoms with Crippen LogP contribution in [0, 0.1) is 6.92 Å². The first-order valence-corrected chi connectivity index (χ1v) is 21.3. The van der Waals surface area contributed by atoms with E-state index in [4.69, 9.17) is 0 Å². The average Bonchev–Trinajstić information content (AvgIpc) is 3.69. The van der Waals surface area contributed by atoms with Crippen molar-refractivity contribution in [2.24, 2.45) is 0 Å². The molecule has 1 heteroatoms. The van der Waals surface area contributed by atoms with Crippen LogP contribution in [0.5, 0.6) is 0 Å². The Morgan fingerprint density at radius 2 is 0.947 bits per heavy atom. The molecule has 0 saturated heterocycles. The molecule has 0 radical (unpaired) electrons. The SMILES string of the molecule is Cc1cc2c(cc1-c1cc3c(cc1N(c1ccccc1)c1ccc4c(c1)C(C)(C)CCC4(C)C)C1(c4ccccc4-c4ccccc41)c1ccccc1-3)CCCC2. The second-order valence-corrected chi connectivity index (χ2v) is 18.6. The van der Waals surface area contributed by atoms with Crippen molar-refractivity contribution in [2.75, 3.05) is 4.90 Å². The summed E-state index contributed by atoms with van der Waals surface area (Å²) in [5, 5.41) is 0. The molecule has 0 aliphatic heterocycles. The fraction of sp³-hybridized carbons (Fsp3) is 0.250. The minimum atomic E-state index is -0.429. The van der Waals surface area contributed by atoms with E-state index in [9.17, 15) is 0 Å². The van der Waals surface area contributed by atoms with Crippen molar-refractivity contribution in [3.05, 3.63) is 196 Å². The predicted molar refractivity (Wildman–Crippen MR) is 240 cm³/mol. The molecule has 0 saturated carbocycles. The van der Waals surface area contributed by atoms with Crippen LogP contribution in [0.1, 0.15) is 103 Å². The molecule has 7 aromatic rings. The average molecular weight is 738 g/mol. The maximum Gasteiger partial charge on any atom is 0.0726 e. The maximum absolute atomic E-state index is 2.62. The first kappa shape index (κ1) is 34.6. The van der Waals surface area contributed by atoms with E-state index in [1.165, 1.54) is 133 Å². The summed E-state index contributed by atoms with van der Waals surface area (Å²) >= 11 is 0. The van der Waals surface area contributed by atoms with E-state index >= 15 is 0 Å². The van der Waals surface area contributed by atoms with Gasteiger partial charge in [0.2, 0.25) is 0 Å². The molecular weight excluding hydrogens is 687 g/mol. The Labute approximate surface area is 339 Å². The molecule has 57 heavy (non-hydrogen) atoms. The lowest BCUT2D eigenvalue weighted by molar-refractivity contribution is 0.332. The summed E-state index contributed by atoms with van der Waals surface area (Å²) in [7, 11) is 0. The van der Waals surface area contributed by atoms with E-state index in [0.717, 1.165) is 6.42 Å². The highest BCUT2D eigenvalue weighted by Gasteiger charge is 2.52. The zero-order valence-corrected chi connectivity index (χ0v) is 34.0. The highest BCUT2D eigenvalue weighted by Crippen LogP contribution is 2.64. The Kier molecular flexibility index (Phi) is 7.53. The molecule has 4 aliphatic rings. The van der Waals surface area contributed by atoms with E-state index in [1.807, 2.05) is 0 Å². The van der Waals surface area contributed by atoms with Gasteiger partial charge in [0, 0.05) is 16.9 Å². The molecule has 1 nitrogen and oxygen atoms in total. The summed E-state index contributed by atoms with van der Waals surface area (Å²) in [6, 6.07) is 56.5. The summed E-state index contributed by atoms with van der Waals surface area (Å²) in [5.74, 6) is 0. The number of para-hydroxylation sites is 1. The molecule has 4 aliphatic carbocycles. The molecule has 0 aromatic heterocycles. The van der Waals surface area contributed by atoms with Crippen molar-refractivity contribution in [2.45, 2.75) is 89.4 Å². The van der Waals surface area contributed by atoms with Crippen LogP contribution in [0.3, 0.4) is 0 Å². The van der Waals surface area contributed by atoms with Crippen LogP contribution in [0.25, 0.3) is 33.4 Å². The molecule has 7 aromatic carbocycles. The van der Waals surface area contributed by atoms with Gasteiger partial charge in [-0.2, -0.15) is 0 Å². The number of rotatable bonds is 4. The second-order valence-electron chi connectivity index (χ2n) is 18.6. The van der Waals surface area contributed by atoms with Gasteiger partial charge < -0.3 is 4.90 Å². The van der Waals surface area contributed by atoms with E-state index < -0.39 is 5.41 Å². The maximum atomic E-state index is 2.62.